The Hall–Kier alpha value is -3.84. The summed E-state index contributed by atoms with van der Waals surface area (Å²) in [6, 6.07) is 16.9. The monoisotopic (exact) mass is 655 g/mol. The first kappa shape index (κ1) is 31.6. The zero-order valence-corrected chi connectivity index (χ0v) is 26.4. The van der Waals surface area contributed by atoms with Gasteiger partial charge in [-0.05, 0) is 78.2 Å². The highest BCUT2D eigenvalue weighted by Gasteiger charge is 2.35. The first-order valence-corrected chi connectivity index (χ1v) is 16.5. The van der Waals surface area contributed by atoms with E-state index in [0.717, 1.165) is 27.8 Å². The fourth-order valence-corrected chi connectivity index (χ4v) is 7.72. The molecule has 3 amide bonds. The molecule has 0 spiro atoms. The van der Waals surface area contributed by atoms with E-state index in [1.165, 1.54) is 29.6 Å². The van der Waals surface area contributed by atoms with Gasteiger partial charge in [-0.1, -0.05) is 41.9 Å². The number of hydrogen-bond acceptors (Lipinski definition) is 8. The topological polar surface area (TPSA) is 122 Å². The Labute approximate surface area is 265 Å². The number of hydrogen-bond donors (Lipinski definition) is 1. The van der Waals surface area contributed by atoms with E-state index in [2.05, 4.69) is 5.32 Å². The summed E-state index contributed by atoms with van der Waals surface area (Å²) in [6.45, 7) is 2.74. The van der Waals surface area contributed by atoms with Crippen LogP contribution in [0.5, 0.6) is 11.5 Å². The minimum Gasteiger partial charge on any atom is -0.493 e. The number of halogens is 1. The molecule has 5 rings (SSSR count). The average Bonchev–Trinajstić information content (AvgIpc) is 3.28. The van der Waals surface area contributed by atoms with Gasteiger partial charge in [0, 0.05) is 31.7 Å². The number of benzene rings is 3. The molecule has 2 aliphatic rings. The van der Waals surface area contributed by atoms with Gasteiger partial charge in [0.2, 0.25) is 10.0 Å². The van der Waals surface area contributed by atoms with Crippen LogP contribution < -0.4 is 14.8 Å². The molecule has 230 valence electrons. The first-order chi connectivity index (χ1) is 21.1. The molecule has 0 bridgehead atoms. The number of nitrogens with zero attached hydrogens (tertiary/aromatic N) is 2. The molecule has 3 aromatic rings. The smallest absolute Gasteiger partial charge is 0.293 e. The summed E-state index contributed by atoms with van der Waals surface area (Å²) in [5, 5.41) is 2.21. The van der Waals surface area contributed by atoms with Crippen molar-refractivity contribution in [2.45, 2.75) is 24.8 Å². The lowest BCUT2D eigenvalue weighted by Gasteiger charge is -2.28. The second-order valence-electron chi connectivity index (χ2n) is 9.94. The van der Waals surface area contributed by atoms with Gasteiger partial charge in [-0.15, -0.1) is 0 Å². The summed E-state index contributed by atoms with van der Waals surface area (Å²) >= 11 is 7.10. The normalized spacial score (nSPS) is 16.2. The number of fused-ring (bicyclic) bond motifs is 1. The molecule has 1 N–H and O–H groups in total. The summed E-state index contributed by atoms with van der Waals surface area (Å²) in [4.78, 5) is 39.7. The van der Waals surface area contributed by atoms with Crippen LogP contribution in [0.15, 0.2) is 70.5 Å². The number of methoxy groups -OCH3 is 1. The summed E-state index contributed by atoms with van der Waals surface area (Å²) in [7, 11) is -2.47. The Balaban J connectivity index is 1.22. The van der Waals surface area contributed by atoms with E-state index >= 15 is 0 Å². The minimum atomic E-state index is -3.98. The molecule has 3 aromatic carbocycles. The number of nitrogens with one attached hydrogen (secondary N) is 1. The van der Waals surface area contributed by atoms with Crippen molar-refractivity contribution in [1.29, 1.82) is 0 Å². The van der Waals surface area contributed by atoms with Crippen molar-refractivity contribution in [3.05, 3.63) is 92.8 Å². The summed E-state index contributed by atoms with van der Waals surface area (Å²) in [6.07, 6.45) is 2.17. The maximum absolute atomic E-state index is 13.5. The molecule has 0 radical (unpaired) electrons. The molecule has 44 heavy (non-hydrogen) atoms. The predicted octanol–water partition coefficient (Wildman–Crippen LogP) is 4.96. The largest absolute Gasteiger partial charge is 0.493 e. The van der Waals surface area contributed by atoms with Crippen LogP contribution in [0.3, 0.4) is 0 Å². The van der Waals surface area contributed by atoms with Crippen LogP contribution in [0.1, 0.15) is 34.0 Å². The van der Waals surface area contributed by atoms with Gasteiger partial charge in [-0.2, -0.15) is 4.31 Å². The number of sulfonamides is 1. The fraction of sp³-hybridized carbons (Fsp3) is 0.258. The molecular weight excluding hydrogens is 626 g/mol. The van der Waals surface area contributed by atoms with Gasteiger partial charge >= 0.3 is 0 Å². The highest BCUT2D eigenvalue weighted by molar-refractivity contribution is 8.18. The molecule has 2 aliphatic heterocycles. The zero-order valence-electron chi connectivity index (χ0n) is 24.0. The van der Waals surface area contributed by atoms with Gasteiger partial charge < -0.3 is 14.8 Å². The predicted molar refractivity (Wildman–Crippen MR) is 168 cm³/mol. The fourth-order valence-electron chi connectivity index (χ4n) is 4.93. The van der Waals surface area contributed by atoms with Crippen LogP contribution in [0.2, 0.25) is 5.02 Å². The lowest BCUT2D eigenvalue weighted by molar-refractivity contribution is -0.122. The van der Waals surface area contributed by atoms with Crippen LogP contribution >= 0.6 is 23.4 Å². The Bertz CT molecular complexity index is 1760. The highest BCUT2D eigenvalue weighted by atomic mass is 35.5. The van der Waals surface area contributed by atoms with Crippen molar-refractivity contribution < 1.29 is 32.3 Å². The van der Waals surface area contributed by atoms with Gasteiger partial charge in [-0.3, -0.25) is 19.3 Å². The van der Waals surface area contributed by atoms with Crippen LogP contribution in [0, 0.1) is 0 Å². The van der Waals surface area contributed by atoms with Crippen molar-refractivity contribution >= 4 is 56.5 Å². The maximum atomic E-state index is 13.5. The van der Waals surface area contributed by atoms with Crippen molar-refractivity contribution in [2.75, 3.05) is 33.4 Å². The molecule has 0 aliphatic carbocycles. The molecule has 0 saturated carbocycles. The van der Waals surface area contributed by atoms with Crippen molar-refractivity contribution in [3.63, 3.8) is 0 Å². The lowest BCUT2D eigenvalue weighted by atomic mass is 10.0. The number of imide groups is 1. The molecule has 2 heterocycles. The van der Waals surface area contributed by atoms with E-state index in [9.17, 15) is 22.8 Å². The van der Waals surface area contributed by atoms with Crippen molar-refractivity contribution in [1.82, 2.24) is 14.5 Å². The molecule has 0 aromatic heterocycles. The third kappa shape index (κ3) is 6.63. The Morgan fingerprint density at radius 1 is 1.07 bits per heavy atom. The second-order valence-corrected chi connectivity index (χ2v) is 13.2. The quantitative estimate of drug-likeness (QED) is 0.304. The zero-order chi connectivity index (χ0) is 31.4. The van der Waals surface area contributed by atoms with Crippen LogP contribution in [-0.2, 0) is 27.8 Å². The van der Waals surface area contributed by atoms with Crippen molar-refractivity contribution in [2.24, 2.45) is 0 Å². The van der Waals surface area contributed by atoms with Gasteiger partial charge in [0.25, 0.3) is 17.1 Å². The molecular formula is C31H30ClN3O7S2. The van der Waals surface area contributed by atoms with E-state index < -0.39 is 27.1 Å². The molecule has 0 unspecified atom stereocenters. The SMILES string of the molecule is CCOc1ccc(/C=C2/SC(=O)N(CCNC(=O)c3ccc(Cl)c(S(=O)(=O)N4CCc5ccccc5C4)c3)C2=O)cc1OC. The van der Waals surface area contributed by atoms with Crippen LogP contribution in [0.4, 0.5) is 4.79 Å². The average molecular weight is 656 g/mol. The third-order valence-corrected chi connectivity index (χ3v) is 10.4. The van der Waals surface area contributed by atoms with Gasteiger partial charge in [0.15, 0.2) is 11.5 Å². The number of amides is 3. The minimum absolute atomic E-state index is 0.00941. The number of carbonyl (C=O) groups is 3. The molecule has 13 heteroatoms. The first-order valence-electron chi connectivity index (χ1n) is 13.8. The summed E-state index contributed by atoms with van der Waals surface area (Å²) < 4.78 is 39.2. The van der Waals surface area contributed by atoms with Crippen molar-refractivity contribution in [3.8, 4) is 11.5 Å². The van der Waals surface area contributed by atoms with Gasteiger partial charge in [0.1, 0.15) is 4.90 Å². The number of thioether (sulfide) groups is 1. The number of carbonyl (C=O) groups excluding carboxylic acids is 3. The Kier molecular flexibility index (Phi) is 9.64. The van der Waals surface area contributed by atoms with Gasteiger partial charge in [-0.25, -0.2) is 8.42 Å². The highest BCUT2D eigenvalue weighted by Crippen LogP contribution is 2.35. The second kappa shape index (κ2) is 13.4. The van der Waals surface area contributed by atoms with Crippen LogP contribution in [0.25, 0.3) is 6.08 Å². The molecule has 10 nitrogen and oxygen atoms in total. The molecule has 0 atom stereocenters. The van der Waals surface area contributed by atoms with Gasteiger partial charge in [0.05, 0.1) is 23.6 Å². The lowest BCUT2D eigenvalue weighted by Crippen LogP contribution is -2.37. The van der Waals surface area contributed by atoms with E-state index in [-0.39, 0.29) is 40.0 Å². The number of ether oxygens (including phenoxy) is 2. The molecule has 1 saturated heterocycles. The van der Waals surface area contributed by atoms with E-state index in [4.69, 9.17) is 21.1 Å². The molecule has 1 fully saturated rings. The van der Waals surface area contributed by atoms with E-state index in [0.29, 0.717) is 36.6 Å². The standard InChI is InChI=1S/C31H30ClN3O7S2/c1-3-42-25-11-8-20(16-26(25)41-2)17-27-30(37)35(31(38)43-27)15-13-33-29(36)22-9-10-24(32)28(18-22)44(39,40)34-14-12-21-6-4-5-7-23(21)19-34/h4-11,16-18H,3,12-15,19H2,1-2H3,(H,33,36)/b27-17+. The summed E-state index contributed by atoms with van der Waals surface area (Å²) in [5.74, 6) is 0.0248. The third-order valence-electron chi connectivity index (χ3n) is 7.19. The van der Waals surface area contributed by atoms with Crippen LogP contribution in [-0.4, -0.2) is 68.0 Å². The Morgan fingerprint density at radius 3 is 2.59 bits per heavy atom. The summed E-state index contributed by atoms with van der Waals surface area (Å²) in [5.41, 5.74) is 2.77. The number of rotatable bonds is 10. The maximum Gasteiger partial charge on any atom is 0.293 e. The van der Waals surface area contributed by atoms with E-state index in [1.807, 2.05) is 31.2 Å². The van der Waals surface area contributed by atoms with E-state index in [1.54, 1.807) is 24.3 Å². The Morgan fingerprint density at radius 2 is 1.84 bits per heavy atom.